The lowest BCUT2D eigenvalue weighted by Gasteiger charge is -2.42. The number of carbonyl (C=O) groups excluding carboxylic acids is 1. The molecule has 1 aromatic rings. The highest BCUT2D eigenvalue weighted by Crippen LogP contribution is 2.40. The topological polar surface area (TPSA) is 78.6 Å². The number of anilines is 1. The number of urea groups is 1. The molecule has 0 saturated heterocycles. The van der Waals surface area contributed by atoms with Gasteiger partial charge in [0.1, 0.15) is 0 Å². The Morgan fingerprint density at radius 3 is 2.80 bits per heavy atom. The van der Waals surface area contributed by atoms with E-state index in [1.165, 1.54) is 0 Å². The first-order chi connectivity index (χ1) is 9.58. The van der Waals surface area contributed by atoms with E-state index in [9.17, 15) is 9.90 Å². The van der Waals surface area contributed by atoms with Crippen LogP contribution in [0.25, 0.3) is 0 Å². The van der Waals surface area contributed by atoms with E-state index in [1.54, 1.807) is 11.9 Å². The van der Waals surface area contributed by atoms with Crippen molar-refractivity contribution in [2.24, 2.45) is 11.1 Å². The van der Waals surface area contributed by atoms with Crippen molar-refractivity contribution in [3.05, 3.63) is 29.8 Å². The van der Waals surface area contributed by atoms with Crippen LogP contribution in [-0.2, 0) is 6.54 Å². The highest BCUT2D eigenvalue weighted by Gasteiger charge is 2.38. The summed E-state index contributed by atoms with van der Waals surface area (Å²) in [5.41, 5.74) is 7.22. The summed E-state index contributed by atoms with van der Waals surface area (Å²) in [6, 6.07) is 7.36. The van der Waals surface area contributed by atoms with Crippen molar-refractivity contribution in [3.63, 3.8) is 0 Å². The van der Waals surface area contributed by atoms with Crippen LogP contribution in [-0.4, -0.2) is 36.2 Å². The van der Waals surface area contributed by atoms with Crippen molar-refractivity contribution in [1.29, 1.82) is 0 Å². The summed E-state index contributed by atoms with van der Waals surface area (Å²) in [5, 5.41) is 12.3. The minimum Gasteiger partial charge on any atom is -0.396 e. The van der Waals surface area contributed by atoms with Gasteiger partial charge in [0.05, 0.1) is 6.61 Å². The van der Waals surface area contributed by atoms with Crippen LogP contribution in [0.5, 0.6) is 0 Å². The van der Waals surface area contributed by atoms with Crippen LogP contribution in [0.3, 0.4) is 0 Å². The molecule has 5 heteroatoms. The Kier molecular flexibility index (Phi) is 4.62. The van der Waals surface area contributed by atoms with Gasteiger partial charge in [0, 0.05) is 31.2 Å². The van der Waals surface area contributed by atoms with Gasteiger partial charge in [0.2, 0.25) is 0 Å². The summed E-state index contributed by atoms with van der Waals surface area (Å²) in [6.45, 7) is 1.19. The van der Waals surface area contributed by atoms with Gasteiger partial charge in [-0.2, -0.15) is 0 Å². The molecule has 1 aliphatic rings. The van der Waals surface area contributed by atoms with E-state index >= 15 is 0 Å². The average Bonchev–Trinajstić information content (AvgIpc) is 2.42. The normalized spacial score (nSPS) is 16.4. The summed E-state index contributed by atoms with van der Waals surface area (Å²) in [5.74, 6) is 0. The van der Waals surface area contributed by atoms with E-state index < -0.39 is 0 Å². The Bertz CT molecular complexity index is 466. The average molecular weight is 277 g/mol. The van der Waals surface area contributed by atoms with Gasteiger partial charge in [-0.15, -0.1) is 0 Å². The van der Waals surface area contributed by atoms with Crippen LogP contribution in [0.1, 0.15) is 24.8 Å². The first-order valence-corrected chi connectivity index (χ1v) is 7.00. The maximum Gasteiger partial charge on any atom is 0.321 e. The van der Waals surface area contributed by atoms with Crippen LogP contribution in [0.2, 0.25) is 0 Å². The number of nitrogens with one attached hydrogen (secondary N) is 1. The molecule has 2 amide bonds. The molecule has 0 unspecified atom stereocenters. The first-order valence-electron chi connectivity index (χ1n) is 7.00. The number of benzene rings is 1. The molecule has 0 atom stereocenters. The lowest BCUT2D eigenvalue weighted by atomic mass is 9.69. The van der Waals surface area contributed by atoms with E-state index in [0.717, 1.165) is 30.5 Å². The van der Waals surface area contributed by atoms with Crippen LogP contribution in [0.15, 0.2) is 24.3 Å². The second kappa shape index (κ2) is 6.24. The molecule has 1 saturated carbocycles. The van der Waals surface area contributed by atoms with E-state index in [2.05, 4.69) is 5.32 Å². The molecule has 1 fully saturated rings. The van der Waals surface area contributed by atoms with Crippen molar-refractivity contribution < 1.29 is 9.90 Å². The van der Waals surface area contributed by atoms with E-state index in [1.807, 2.05) is 24.3 Å². The Morgan fingerprint density at radius 1 is 1.50 bits per heavy atom. The third-order valence-corrected chi connectivity index (χ3v) is 4.08. The fourth-order valence-electron chi connectivity index (χ4n) is 2.61. The Balaban J connectivity index is 1.93. The second-order valence-electron chi connectivity index (χ2n) is 5.70. The van der Waals surface area contributed by atoms with Crippen molar-refractivity contribution in [2.75, 3.05) is 25.5 Å². The largest absolute Gasteiger partial charge is 0.396 e. The number of nitrogens with two attached hydrogens (primary N) is 1. The smallest absolute Gasteiger partial charge is 0.321 e. The quantitative estimate of drug-likeness (QED) is 0.767. The van der Waals surface area contributed by atoms with Gasteiger partial charge < -0.3 is 21.1 Å². The predicted octanol–water partition coefficient (Wildman–Crippen LogP) is 1.77. The van der Waals surface area contributed by atoms with Crippen molar-refractivity contribution >= 4 is 11.7 Å². The van der Waals surface area contributed by atoms with Crippen LogP contribution >= 0.6 is 0 Å². The number of rotatable bonds is 5. The monoisotopic (exact) mass is 277 g/mol. The second-order valence-corrected chi connectivity index (χ2v) is 5.70. The number of amides is 2. The molecule has 2 rings (SSSR count). The zero-order valence-electron chi connectivity index (χ0n) is 11.9. The van der Waals surface area contributed by atoms with Crippen LogP contribution in [0.4, 0.5) is 10.5 Å². The molecule has 0 radical (unpaired) electrons. The SMILES string of the molecule is CN(CC1(CO)CCC1)C(=O)Nc1cccc(CN)c1. The maximum absolute atomic E-state index is 12.1. The van der Waals surface area contributed by atoms with Crippen LogP contribution in [0, 0.1) is 5.41 Å². The molecule has 0 heterocycles. The molecule has 1 aromatic carbocycles. The summed E-state index contributed by atoms with van der Waals surface area (Å²) in [4.78, 5) is 13.8. The van der Waals surface area contributed by atoms with Gasteiger partial charge in [0.15, 0.2) is 0 Å². The maximum atomic E-state index is 12.1. The lowest BCUT2D eigenvalue weighted by Crippen LogP contribution is -2.46. The minimum absolute atomic E-state index is 0.0921. The van der Waals surface area contributed by atoms with E-state index in [-0.39, 0.29) is 18.1 Å². The molecule has 0 aliphatic heterocycles. The zero-order valence-corrected chi connectivity index (χ0v) is 11.9. The standard InChI is InChI=1S/C15H23N3O2/c1-18(10-15(11-19)6-3-7-15)14(20)17-13-5-2-4-12(8-13)9-16/h2,4-5,8,19H,3,6-7,9-11,16H2,1H3,(H,17,20). The number of aliphatic hydroxyl groups excluding tert-OH is 1. The number of hydrogen-bond donors (Lipinski definition) is 3. The lowest BCUT2D eigenvalue weighted by molar-refractivity contribution is 0.0243. The summed E-state index contributed by atoms with van der Waals surface area (Å²) >= 11 is 0. The van der Waals surface area contributed by atoms with Gasteiger partial charge in [0.25, 0.3) is 0 Å². The highest BCUT2D eigenvalue weighted by molar-refractivity contribution is 5.89. The molecule has 110 valence electrons. The first kappa shape index (κ1) is 14.8. The zero-order chi connectivity index (χ0) is 14.6. The van der Waals surface area contributed by atoms with Gasteiger partial charge in [-0.3, -0.25) is 0 Å². The minimum atomic E-state index is -0.154. The third kappa shape index (κ3) is 3.29. The number of nitrogens with zero attached hydrogens (tertiary/aromatic N) is 1. The molecule has 1 aliphatic carbocycles. The molecular weight excluding hydrogens is 254 g/mol. The molecule has 20 heavy (non-hydrogen) atoms. The number of aliphatic hydroxyl groups is 1. The van der Waals surface area contributed by atoms with Crippen LogP contribution < -0.4 is 11.1 Å². The number of hydrogen-bond acceptors (Lipinski definition) is 3. The highest BCUT2D eigenvalue weighted by atomic mass is 16.3. The summed E-state index contributed by atoms with van der Waals surface area (Å²) < 4.78 is 0. The van der Waals surface area contributed by atoms with Gasteiger partial charge in [-0.1, -0.05) is 18.6 Å². The molecule has 5 nitrogen and oxygen atoms in total. The fraction of sp³-hybridized carbons (Fsp3) is 0.533. The summed E-state index contributed by atoms with van der Waals surface area (Å²) in [6.07, 6.45) is 3.11. The van der Waals surface area contributed by atoms with Gasteiger partial charge >= 0.3 is 6.03 Å². The van der Waals surface area contributed by atoms with Crippen molar-refractivity contribution in [1.82, 2.24) is 4.90 Å². The van der Waals surface area contributed by atoms with Gasteiger partial charge in [-0.25, -0.2) is 4.79 Å². The van der Waals surface area contributed by atoms with Crippen molar-refractivity contribution in [2.45, 2.75) is 25.8 Å². The fourth-order valence-corrected chi connectivity index (χ4v) is 2.61. The van der Waals surface area contributed by atoms with Gasteiger partial charge in [-0.05, 0) is 30.5 Å². The van der Waals surface area contributed by atoms with E-state index in [4.69, 9.17) is 5.73 Å². The molecule has 0 bridgehead atoms. The molecule has 0 spiro atoms. The molecule has 4 N–H and O–H groups in total. The number of carbonyl (C=O) groups is 1. The van der Waals surface area contributed by atoms with Crippen molar-refractivity contribution in [3.8, 4) is 0 Å². The molecule has 0 aromatic heterocycles. The predicted molar refractivity (Wildman–Crippen MR) is 79.4 cm³/mol. The third-order valence-electron chi connectivity index (χ3n) is 4.08. The Morgan fingerprint density at radius 2 is 2.25 bits per heavy atom. The summed E-state index contributed by atoms with van der Waals surface area (Å²) in [7, 11) is 1.76. The Hall–Kier alpha value is -1.59. The molecular formula is C15H23N3O2. The Labute approximate surface area is 119 Å². The van der Waals surface area contributed by atoms with E-state index in [0.29, 0.717) is 13.1 Å².